The standard InChI is InChI=1S/C22H43N7O6S/c1-36-13-10-17(22(34)35)29-21(33)16(7-3-5-12-24)28-20(32)15(6-2-4-11-23)27-19(31)14(25)8-9-18(26)30/h14-17H,2-13,23-25H2,1H3,(H2,26,30)(H,27,31)(H,28,32)(H,29,33)(H,34,35). The average Bonchev–Trinajstić information content (AvgIpc) is 2.83. The molecule has 14 heteroatoms. The van der Waals surface area contributed by atoms with Crippen molar-refractivity contribution in [3.05, 3.63) is 0 Å². The third-order valence-corrected chi connectivity index (χ3v) is 6.07. The van der Waals surface area contributed by atoms with E-state index in [9.17, 15) is 29.1 Å². The number of thioether (sulfide) groups is 1. The van der Waals surface area contributed by atoms with Crippen molar-refractivity contribution in [1.29, 1.82) is 0 Å². The zero-order chi connectivity index (χ0) is 27.5. The first kappa shape index (κ1) is 33.6. The van der Waals surface area contributed by atoms with Gasteiger partial charge in [0.2, 0.25) is 23.6 Å². The normalized spacial score (nSPS) is 14.2. The second-order valence-electron chi connectivity index (χ2n) is 8.48. The van der Waals surface area contributed by atoms with Crippen molar-refractivity contribution < 1.29 is 29.1 Å². The Hall–Kier alpha value is -2.42. The van der Waals surface area contributed by atoms with Gasteiger partial charge in [-0.3, -0.25) is 19.2 Å². The van der Waals surface area contributed by atoms with Gasteiger partial charge in [0.1, 0.15) is 18.1 Å². The lowest BCUT2D eigenvalue weighted by Gasteiger charge is -2.25. The number of carbonyl (C=O) groups is 5. The molecule has 0 spiro atoms. The molecule has 4 amide bonds. The fraction of sp³-hybridized carbons (Fsp3) is 0.773. The van der Waals surface area contributed by atoms with E-state index in [1.165, 1.54) is 11.8 Å². The van der Waals surface area contributed by atoms with E-state index in [0.717, 1.165) is 0 Å². The Balaban J connectivity index is 5.47. The molecule has 0 rings (SSSR count). The summed E-state index contributed by atoms with van der Waals surface area (Å²) >= 11 is 1.45. The van der Waals surface area contributed by atoms with E-state index in [0.29, 0.717) is 44.5 Å². The van der Waals surface area contributed by atoms with Crippen LogP contribution in [-0.2, 0) is 24.0 Å². The molecular formula is C22H43N7O6S. The molecule has 0 aliphatic heterocycles. The van der Waals surface area contributed by atoms with E-state index in [1.54, 1.807) is 0 Å². The van der Waals surface area contributed by atoms with Crippen LogP contribution in [0.4, 0.5) is 0 Å². The lowest BCUT2D eigenvalue weighted by molar-refractivity contribution is -0.142. The predicted molar refractivity (Wildman–Crippen MR) is 139 cm³/mol. The van der Waals surface area contributed by atoms with Crippen LogP contribution < -0.4 is 38.9 Å². The second kappa shape index (κ2) is 19.7. The number of amides is 4. The van der Waals surface area contributed by atoms with Crippen molar-refractivity contribution >= 4 is 41.4 Å². The molecule has 0 radical (unpaired) electrons. The molecule has 0 heterocycles. The van der Waals surface area contributed by atoms with E-state index in [2.05, 4.69) is 16.0 Å². The molecule has 0 saturated heterocycles. The Kier molecular flexibility index (Phi) is 18.4. The van der Waals surface area contributed by atoms with Crippen LogP contribution in [0.3, 0.4) is 0 Å². The molecule has 36 heavy (non-hydrogen) atoms. The quantitative estimate of drug-likeness (QED) is 0.0763. The van der Waals surface area contributed by atoms with Gasteiger partial charge >= 0.3 is 5.97 Å². The number of carboxylic acid groups (broad SMARTS) is 1. The molecule has 0 aliphatic carbocycles. The number of aliphatic carboxylic acids is 1. The molecule has 0 saturated carbocycles. The number of rotatable bonds is 21. The van der Waals surface area contributed by atoms with Crippen LogP contribution in [0.25, 0.3) is 0 Å². The highest BCUT2D eigenvalue weighted by atomic mass is 32.2. The largest absolute Gasteiger partial charge is 0.480 e. The molecule has 0 aromatic rings. The summed E-state index contributed by atoms with van der Waals surface area (Å²) in [7, 11) is 0. The van der Waals surface area contributed by atoms with E-state index < -0.39 is 53.8 Å². The van der Waals surface area contributed by atoms with Crippen LogP contribution in [0.5, 0.6) is 0 Å². The van der Waals surface area contributed by atoms with Crippen LogP contribution in [-0.4, -0.2) is 84.0 Å². The third kappa shape index (κ3) is 14.9. The van der Waals surface area contributed by atoms with Crippen LogP contribution in [0.15, 0.2) is 0 Å². The predicted octanol–water partition coefficient (Wildman–Crippen LogP) is -1.87. The van der Waals surface area contributed by atoms with Crippen molar-refractivity contribution in [3.8, 4) is 0 Å². The highest BCUT2D eigenvalue weighted by Crippen LogP contribution is 2.08. The van der Waals surface area contributed by atoms with Crippen LogP contribution in [0, 0.1) is 0 Å². The molecular weight excluding hydrogens is 490 g/mol. The average molecular weight is 534 g/mol. The van der Waals surface area contributed by atoms with Crippen molar-refractivity contribution in [2.75, 3.05) is 25.1 Å². The number of primary amides is 1. The number of hydrogen-bond donors (Lipinski definition) is 8. The Bertz CT molecular complexity index is 712. The van der Waals surface area contributed by atoms with Gasteiger partial charge in [0.05, 0.1) is 6.04 Å². The summed E-state index contributed by atoms with van der Waals surface area (Å²) in [6.07, 6.45) is 4.78. The van der Waals surface area contributed by atoms with Gasteiger partial charge in [-0.05, 0) is 76.5 Å². The summed E-state index contributed by atoms with van der Waals surface area (Å²) in [5, 5.41) is 17.2. The number of nitrogens with two attached hydrogens (primary N) is 4. The van der Waals surface area contributed by atoms with Gasteiger partial charge in [0.15, 0.2) is 0 Å². The molecule has 12 N–H and O–H groups in total. The van der Waals surface area contributed by atoms with Crippen molar-refractivity contribution in [2.45, 2.75) is 82.0 Å². The lowest BCUT2D eigenvalue weighted by Crippen LogP contribution is -2.57. The summed E-state index contributed by atoms with van der Waals surface area (Å²) in [6, 6.07) is -4.15. The van der Waals surface area contributed by atoms with Crippen LogP contribution in [0.1, 0.15) is 57.8 Å². The zero-order valence-corrected chi connectivity index (χ0v) is 21.8. The van der Waals surface area contributed by atoms with E-state index in [-0.39, 0.29) is 32.1 Å². The SMILES string of the molecule is CSCCC(NC(=O)C(CCCCN)NC(=O)C(CCCCN)NC(=O)C(N)CCC(N)=O)C(=O)O. The minimum Gasteiger partial charge on any atom is -0.480 e. The van der Waals surface area contributed by atoms with Gasteiger partial charge in [0, 0.05) is 6.42 Å². The summed E-state index contributed by atoms with van der Waals surface area (Å²) in [5.41, 5.74) is 22.0. The highest BCUT2D eigenvalue weighted by molar-refractivity contribution is 7.98. The number of unbranched alkanes of at least 4 members (excludes halogenated alkanes) is 2. The van der Waals surface area contributed by atoms with Gasteiger partial charge in [-0.15, -0.1) is 0 Å². The highest BCUT2D eigenvalue weighted by Gasteiger charge is 2.30. The first-order valence-electron chi connectivity index (χ1n) is 12.1. The summed E-state index contributed by atoms with van der Waals surface area (Å²) < 4.78 is 0. The number of carbonyl (C=O) groups excluding carboxylic acids is 4. The Morgan fingerprint density at radius 1 is 0.750 bits per heavy atom. The topological polar surface area (TPSA) is 246 Å². The van der Waals surface area contributed by atoms with Gasteiger partial charge in [-0.25, -0.2) is 4.79 Å². The molecule has 4 unspecified atom stereocenters. The maximum Gasteiger partial charge on any atom is 0.326 e. The maximum atomic E-state index is 13.1. The monoisotopic (exact) mass is 533 g/mol. The number of hydrogen-bond acceptors (Lipinski definition) is 9. The molecule has 0 aromatic heterocycles. The van der Waals surface area contributed by atoms with E-state index in [4.69, 9.17) is 22.9 Å². The Labute approximate surface area is 216 Å². The van der Waals surface area contributed by atoms with Crippen molar-refractivity contribution in [1.82, 2.24) is 16.0 Å². The van der Waals surface area contributed by atoms with Crippen LogP contribution >= 0.6 is 11.8 Å². The molecule has 208 valence electrons. The van der Waals surface area contributed by atoms with Gasteiger partial charge < -0.3 is 44.0 Å². The summed E-state index contributed by atoms with van der Waals surface area (Å²) in [4.78, 5) is 61.1. The zero-order valence-electron chi connectivity index (χ0n) is 21.0. The minimum atomic E-state index is -1.17. The molecule has 0 aliphatic rings. The fourth-order valence-electron chi connectivity index (χ4n) is 3.27. The smallest absolute Gasteiger partial charge is 0.326 e. The Morgan fingerprint density at radius 2 is 1.22 bits per heavy atom. The summed E-state index contributed by atoms with van der Waals surface area (Å²) in [6.45, 7) is 0.797. The first-order valence-corrected chi connectivity index (χ1v) is 13.5. The van der Waals surface area contributed by atoms with Gasteiger partial charge in [-0.1, -0.05) is 0 Å². The van der Waals surface area contributed by atoms with Crippen molar-refractivity contribution in [2.24, 2.45) is 22.9 Å². The molecule has 13 nitrogen and oxygen atoms in total. The molecule has 0 fully saturated rings. The number of carboxylic acids is 1. The number of nitrogens with one attached hydrogen (secondary N) is 3. The molecule has 4 atom stereocenters. The van der Waals surface area contributed by atoms with Crippen LogP contribution in [0.2, 0.25) is 0 Å². The minimum absolute atomic E-state index is 0.0229. The van der Waals surface area contributed by atoms with E-state index >= 15 is 0 Å². The first-order chi connectivity index (χ1) is 17.1. The van der Waals surface area contributed by atoms with Gasteiger partial charge in [0.25, 0.3) is 0 Å². The lowest BCUT2D eigenvalue weighted by atomic mass is 10.0. The molecule has 0 bridgehead atoms. The summed E-state index contributed by atoms with van der Waals surface area (Å²) in [5.74, 6) is -3.09. The van der Waals surface area contributed by atoms with E-state index in [1.807, 2.05) is 6.26 Å². The van der Waals surface area contributed by atoms with Crippen molar-refractivity contribution in [3.63, 3.8) is 0 Å². The fourth-order valence-corrected chi connectivity index (χ4v) is 3.74. The Morgan fingerprint density at radius 3 is 1.64 bits per heavy atom. The maximum absolute atomic E-state index is 13.1. The third-order valence-electron chi connectivity index (χ3n) is 5.42. The second-order valence-corrected chi connectivity index (χ2v) is 9.47. The molecule has 0 aromatic carbocycles. The van der Waals surface area contributed by atoms with Gasteiger partial charge in [-0.2, -0.15) is 11.8 Å².